The number of aromatic nitrogens is 1. The van der Waals surface area contributed by atoms with E-state index >= 15 is 0 Å². The third-order valence-electron chi connectivity index (χ3n) is 4.61. The van der Waals surface area contributed by atoms with Crippen molar-refractivity contribution in [1.29, 1.82) is 0 Å². The Hall–Kier alpha value is -4.43. The van der Waals surface area contributed by atoms with Crippen LogP contribution in [0.3, 0.4) is 0 Å². The third kappa shape index (κ3) is 4.18. The van der Waals surface area contributed by atoms with Gasteiger partial charge in [0.1, 0.15) is 0 Å². The minimum Gasteiger partial charge on any atom is -0.248 e. The lowest BCUT2D eigenvalue weighted by atomic mass is 10.00. The van der Waals surface area contributed by atoms with Gasteiger partial charge < -0.3 is 0 Å². The van der Waals surface area contributed by atoms with E-state index in [0.717, 1.165) is 33.6 Å². The number of hydrogen-bond acceptors (Lipinski definition) is 5. The van der Waals surface area contributed by atoms with Crippen molar-refractivity contribution in [2.24, 2.45) is 9.98 Å². The van der Waals surface area contributed by atoms with Crippen LogP contribution in [0.2, 0.25) is 0 Å². The average molecular weight is 389 g/mol. The Bertz CT molecular complexity index is 1190. The summed E-state index contributed by atoms with van der Waals surface area (Å²) in [7, 11) is 0. The number of pyridine rings is 1. The van der Waals surface area contributed by atoms with E-state index in [2.05, 4.69) is 9.98 Å². The van der Waals surface area contributed by atoms with Gasteiger partial charge in [-0.25, -0.2) is 14.6 Å². The second-order valence-corrected chi connectivity index (χ2v) is 6.49. The first-order valence-electron chi connectivity index (χ1n) is 9.21. The maximum atomic E-state index is 10.5. The largest absolute Gasteiger partial charge is 0.248 e. The molecule has 0 fully saturated rings. The van der Waals surface area contributed by atoms with Crippen molar-refractivity contribution >= 4 is 23.5 Å². The second kappa shape index (κ2) is 8.72. The quantitative estimate of drug-likeness (QED) is 0.310. The maximum Gasteiger partial charge on any atom is 0.240 e. The summed E-state index contributed by atoms with van der Waals surface area (Å²) in [6.45, 7) is 0. The van der Waals surface area contributed by atoms with Gasteiger partial charge in [0, 0.05) is 11.1 Å². The lowest BCUT2D eigenvalue weighted by Gasteiger charge is -2.10. The SMILES string of the molecule is O=C=Nc1ccc(-c2cc(-c3ccccc3)cc(-c3ccc(N=C=O)cc3)n2)cc1. The number of carbonyl (C=O) groups excluding carboxylic acids is 2. The van der Waals surface area contributed by atoms with Crippen LogP contribution in [-0.4, -0.2) is 17.1 Å². The predicted octanol–water partition coefficient (Wildman–Crippen LogP) is 6.02. The normalized spacial score (nSPS) is 10.0. The summed E-state index contributed by atoms with van der Waals surface area (Å²) in [4.78, 5) is 33.0. The van der Waals surface area contributed by atoms with Crippen molar-refractivity contribution in [2.45, 2.75) is 0 Å². The smallest absolute Gasteiger partial charge is 0.240 e. The van der Waals surface area contributed by atoms with E-state index < -0.39 is 0 Å². The Labute approximate surface area is 173 Å². The highest BCUT2D eigenvalue weighted by atomic mass is 16.1. The van der Waals surface area contributed by atoms with Crippen molar-refractivity contribution in [3.05, 3.63) is 91.0 Å². The first-order chi connectivity index (χ1) is 14.8. The highest BCUT2D eigenvalue weighted by molar-refractivity contribution is 5.77. The minimum atomic E-state index is 0.541. The lowest BCUT2D eigenvalue weighted by Crippen LogP contribution is -1.91. The molecular formula is C25H15N3O2. The number of aliphatic imine (C=N–C) groups is 2. The lowest BCUT2D eigenvalue weighted by molar-refractivity contribution is 0.564. The molecular weight excluding hydrogens is 374 g/mol. The fourth-order valence-corrected chi connectivity index (χ4v) is 3.14. The molecule has 4 aromatic rings. The number of hydrogen-bond donors (Lipinski definition) is 0. The summed E-state index contributed by atoms with van der Waals surface area (Å²) in [5, 5.41) is 0. The standard InChI is InChI=1S/C25H15N3O2/c29-16-26-22-10-6-19(7-11-22)24-14-21(18-4-2-1-3-5-18)15-25(28-24)20-8-12-23(13-9-20)27-17-30/h1-15H. The van der Waals surface area contributed by atoms with E-state index in [-0.39, 0.29) is 0 Å². The van der Waals surface area contributed by atoms with E-state index in [1.165, 1.54) is 0 Å². The van der Waals surface area contributed by atoms with Crippen LogP contribution in [0.15, 0.2) is 101 Å². The van der Waals surface area contributed by atoms with Crippen molar-refractivity contribution in [3.8, 4) is 33.6 Å². The van der Waals surface area contributed by atoms with Gasteiger partial charge in [-0.05, 0) is 47.5 Å². The second-order valence-electron chi connectivity index (χ2n) is 6.49. The highest BCUT2D eigenvalue weighted by Crippen LogP contribution is 2.31. The van der Waals surface area contributed by atoms with Gasteiger partial charge >= 0.3 is 0 Å². The average Bonchev–Trinajstić information content (AvgIpc) is 2.81. The molecule has 0 aliphatic heterocycles. The van der Waals surface area contributed by atoms with E-state index in [9.17, 15) is 9.59 Å². The molecule has 0 saturated heterocycles. The summed E-state index contributed by atoms with van der Waals surface area (Å²) in [5.74, 6) is 0. The van der Waals surface area contributed by atoms with Crippen LogP contribution in [0, 0.1) is 0 Å². The van der Waals surface area contributed by atoms with Crippen LogP contribution in [0.25, 0.3) is 33.6 Å². The van der Waals surface area contributed by atoms with Crippen LogP contribution in [-0.2, 0) is 9.59 Å². The maximum absolute atomic E-state index is 10.5. The Morgan fingerprint density at radius 1 is 0.533 bits per heavy atom. The van der Waals surface area contributed by atoms with Crippen molar-refractivity contribution in [2.75, 3.05) is 0 Å². The molecule has 0 spiro atoms. The first-order valence-corrected chi connectivity index (χ1v) is 9.21. The fourth-order valence-electron chi connectivity index (χ4n) is 3.14. The zero-order chi connectivity index (χ0) is 20.8. The summed E-state index contributed by atoms with van der Waals surface area (Å²) in [5.41, 5.74) is 6.58. The number of benzene rings is 3. The molecule has 0 atom stereocenters. The van der Waals surface area contributed by atoms with Crippen molar-refractivity contribution < 1.29 is 9.59 Å². The van der Waals surface area contributed by atoms with Gasteiger partial charge in [0.15, 0.2) is 0 Å². The summed E-state index contributed by atoms with van der Waals surface area (Å²) in [6.07, 6.45) is 3.09. The Morgan fingerprint density at radius 3 is 1.43 bits per heavy atom. The predicted molar refractivity (Wildman–Crippen MR) is 116 cm³/mol. The minimum absolute atomic E-state index is 0.541. The van der Waals surface area contributed by atoms with Crippen LogP contribution < -0.4 is 0 Å². The van der Waals surface area contributed by atoms with Gasteiger partial charge in [-0.1, -0.05) is 54.6 Å². The van der Waals surface area contributed by atoms with Gasteiger partial charge in [-0.3, -0.25) is 0 Å². The molecule has 0 amide bonds. The summed E-state index contributed by atoms with van der Waals surface area (Å²) >= 11 is 0. The Morgan fingerprint density at radius 2 is 1.00 bits per heavy atom. The van der Waals surface area contributed by atoms with Gasteiger partial charge in [0.2, 0.25) is 12.2 Å². The topological polar surface area (TPSA) is 71.8 Å². The molecule has 0 bridgehead atoms. The molecule has 1 heterocycles. The molecule has 142 valence electrons. The van der Waals surface area contributed by atoms with Crippen LogP contribution >= 0.6 is 0 Å². The van der Waals surface area contributed by atoms with Crippen molar-refractivity contribution in [3.63, 3.8) is 0 Å². The van der Waals surface area contributed by atoms with E-state index in [1.807, 2.05) is 66.7 Å². The number of rotatable bonds is 5. The molecule has 5 heteroatoms. The molecule has 30 heavy (non-hydrogen) atoms. The summed E-state index contributed by atoms with van der Waals surface area (Å²) in [6, 6.07) is 28.6. The first kappa shape index (κ1) is 18.9. The molecule has 0 N–H and O–H groups in total. The highest BCUT2D eigenvalue weighted by Gasteiger charge is 2.09. The molecule has 0 saturated carbocycles. The Balaban J connectivity index is 1.84. The number of nitrogens with zero attached hydrogens (tertiary/aromatic N) is 3. The summed E-state index contributed by atoms with van der Waals surface area (Å²) < 4.78 is 0. The van der Waals surface area contributed by atoms with E-state index in [4.69, 9.17) is 4.98 Å². The molecule has 4 rings (SSSR count). The Kier molecular flexibility index (Phi) is 5.50. The molecule has 0 aliphatic rings. The molecule has 3 aromatic carbocycles. The van der Waals surface area contributed by atoms with Crippen LogP contribution in [0.4, 0.5) is 11.4 Å². The number of isocyanates is 2. The third-order valence-corrected chi connectivity index (χ3v) is 4.61. The zero-order valence-corrected chi connectivity index (χ0v) is 15.8. The zero-order valence-electron chi connectivity index (χ0n) is 15.8. The fraction of sp³-hybridized carbons (Fsp3) is 0. The van der Waals surface area contributed by atoms with Gasteiger partial charge in [0.05, 0.1) is 22.8 Å². The van der Waals surface area contributed by atoms with Gasteiger partial charge in [0.25, 0.3) is 0 Å². The van der Waals surface area contributed by atoms with Gasteiger partial charge in [-0.2, -0.15) is 9.98 Å². The monoisotopic (exact) mass is 389 g/mol. The van der Waals surface area contributed by atoms with Crippen LogP contribution in [0.1, 0.15) is 0 Å². The van der Waals surface area contributed by atoms with E-state index in [1.54, 1.807) is 36.4 Å². The molecule has 0 unspecified atom stereocenters. The molecule has 0 radical (unpaired) electrons. The molecule has 1 aromatic heterocycles. The molecule has 0 aliphatic carbocycles. The van der Waals surface area contributed by atoms with E-state index in [0.29, 0.717) is 11.4 Å². The van der Waals surface area contributed by atoms with Crippen molar-refractivity contribution in [1.82, 2.24) is 4.98 Å². The molecule has 5 nitrogen and oxygen atoms in total. The van der Waals surface area contributed by atoms with Gasteiger partial charge in [-0.15, -0.1) is 0 Å². The van der Waals surface area contributed by atoms with Crippen LogP contribution in [0.5, 0.6) is 0 Å².